The number of carbonyl (C=O) groups excluding carboxylic acids is 2. The number of aromatic nitrogens is 1. The van der Waals surface area contributed by atoms with Crippen molar-refractivity contribution in [1.82, 2.24) is 9.29 Å². The molecule has 1 N–H and O–H groups in total. The van der Waals surface area contributed by atoms with E-state index < -0.39 is 28.5 Å². The summed E-state index contributed by atoms with van der Waals surface area (Å²) in [5.74, 6) is -1.19. The summed E-state index contributed by atoms with van der Waals surface area (Å²) in [7, 11) is -2.46. The van der Waals surface area contributed by atoms with Gasteiger partial charge in [0.15, 0.2) is 11.7 Å². The number of nitrogens with one attached hydrogen (secondary N) is 1. The minimum absolute atomic E-state index is 0.0205. The number of rotatable bonds is 7. The van der Waals surface area contributed by atoms with Crippen molar-refractivity contribution in [2.45, 2.75) is 37.5 Å². The molecule has 2 heterocycles. The predicted molar refractivity (Wildman–Crippen MR) is 116 cm³/mol. The van der Waals surface area contributed by atoms with Crippen molar-refractivity contribution in [3.63, 3.8) is 0 Å². The molecule has 9 nitrogen and oxygen atoms in total. The zero-order chi connectivity index (χ0) is 22.4. The minimum atomic E-state index is -3.84. The molecule has 2 aromatic rings. The number of thiazole rings is 1. The Hall–Kier alpha value is -2.50. The molecule has 0 radical (unpaired) electrons. The summed E-state index contributed by atoms with van der Waals surface area (Å²) < 4.78 is 38.1. The van der Waals surface area contributed by atoms with Crippen LogP contribution in [-0.4, -0.2) is 56.4 Å². The molecule has 0 atom stereocenters. The van der Waals surface area contributed by atoms with Crippen LogP contribution in [0.3, 0.4) is 0 Å². The maximum atomic E-state index is 13.2. The summed E-state index contributed by atoms with van der Waals surface area (Å²) in [6.45, 7) is 2.14. The van der Waals surface area contributed by atoms with Gasteiger partial charge in [0.05, 0.1) is 18.4 Å². The number of anilines is 1. The van der Waals surface area contributed by atoms with Crippen LogP contribution in [0.25, 0.3) is 0 Å². The first-order chi connectivity index (χ1) is 14.8. The number of ether oxygens (including phenoxy) is 2. The van der Waals surface area contributed by atoms with E-state index in [-0.39, 0.29) is 16.2 Å². The first kappa shape index (κ1) is 23.2. The van der Waals surface area contributed by atoms with Gasteiger partial charge in [0.2, 0.25) is 10.0 Å². The van der Waals surface area contributed by atoms with Crippen molar-refractivity contribution in [2.75, 3.05) is 32.1 Å². The fraction of sp³-hybridized carbons (Fsp3) is 0.450. The van der Waals surface area contributed by atoms with Crippen LogP contribution in [0.5, 0.6) is 5.75 Å². The Balaban J connectivity index is 1.72. The first-order valence-corrected chi connectivity index (χ1v) is 12.2. The second-order valence-corrected chi connectivity index (χ2v) is 9.87. The molecule has 1 aromatic carbocycles. The summed E-state index contributed by atoms with van der Waals surface area (Å²) in [5, 5.41) is 4.74. The van der Waals surface area contributed by atoms with Gasteiger partial charge in [0.1, 0.15) is 10.6 Å². The molecule has 31 heavy (non-hydrogen) atoms. The molecule has 1 aliphatic rings. The Bertz CT molecular complexity index is 1040. The molecular weight excluding hydrogens is 442 g/mol. The molecule has 0 aliphatic carbocycles. The van der Waals surface area contributed by atoms with E-state index in [9.17, 15) is 18.0 Å². The van der Waals surface area contributed by atoms with E-state index in [0.29, 0.717) is 18.2 Å². The van der Waals surface area contributed by atoms with Gasteiger partial charge in [-0.15, -0.1) is 11.3 Å². The molecule has 0 saturated carbocycles. The average Bonchev–Trinajstić information content (AvgIpc) is 2.98. The number of sulfonamides is 1. The normalized spacial score (nSPS) is 15.2. The Morgan fingerprint density at radius 2 is 1.90 bits per heavy atom. The first-order valence-electron chi connectivity index (χ1n) is 9.88. The van der Waals surface area contributed by atoms with E-state index in [4.69, 9.17) is 9.47 Å². The summed E-state index contributed by atoms with van der Waals surface area (Å²) in [6, 6.07) is 4.06. The second-order valence-electron chi connectivity index (χ2n) is 7.10. The topological polar surface area (TPSA) is 115 Å². The maximum Gasteiger partial charge on any atom is 0.338 e. The largest absolute Gasteiger partial charge is 0.495 e. The van der Waals surface area contributed by atoms with Crippen molar-refractivity contribution in [1.29, 1.82) is 0 Å². The van der Waals surface area contributed by atoms with Gasteiger partial charge < -0.3 is 9.47 Å². The summed E-state index contributed by atoms with van der Waals surface area (Å²) in [5.41, 5.74) is 0.792. The monoisotopic (exact) mass is 467 g/mol. The third-order valence-corrected chi connectivity index (χ3v) is 7.58. The third kappa shape index (κ3) is 5.81. The van der Waals surface area contributed by atoms with E-state index in [1.165, 1.54) is 41.0 Å². The van der Waals surface area contributed by atoms with E-state index in [2.05, 4.69) is 10.3 Å². The number of carbonyl (C=O) groups is 2. The number of aryl methyl sites for hydroxylation is 1. The lowest BCUT2D eigenvalue weighted by atomic mass is 10.2. The van der Waals surface area contributed by atoms with Crippen molar-refractivity contribution in [3.05, 3.63) is 34.8 Å². The predicted octanol–water partition coefficient (Wildman–Crippen LogP) is 2.82. The van der Waals surface area contributed by atoms with Crippen molar-refractivity contribution < 1.29 is 27.5 Å². The van der Waals surface area contributed by atoms with Crippen LogP contribution in [0.15, 0.2) is 28.5 Å². The molecule has 0 spiro atoms. The van der Waals surface area contributed by atoms with Gasteiger partial charge in [0.25, 0.3) is 5.91 Å². The number of esters is 1. The fourth-order valence-corrected chi connectivity index (χ4v) is 5.61. The minimum Gasteiger partial charge on any atom is -0.495 e. The van der Waals surface area contributed by atoms with Crippen molar-refractivity contribution in [3.8, 4) is 5.75 Å². The molecule has 1 saturated heterocycles. The van der Waals surface area contributed by atoms with Crippen molar-refractivity contribution >= 4 is 38.4 Å². The fourth-order valence-electron chi connectivity index (χ4n) is 3.21. The van der Waals surface area contributed by atoms with Gasteiger partial charge in [-0.1, -0.05) is 12.8 Å². The molecular formula is C20H25N3O6S2. The average molecular weight is 468 g/mol. The van der Waals surface area contributed by atoms with Gasteiger partial charge in [-0.2, -0.15) is 4.31 Å². The van der Waals surface area contributed by atoms with E-state index in [0.717, 1.165) is 31.4 Å². The molecule has 1 aromatic heterocycles. The van der Waals surface area contributed by atoms with Crippen LogP contribution >= 0.6 is 11.3 Å². The lowest BCUT2D eigenvalue weighted by Crippen LogP contribution is -2.32. The number of nitrogens with zero attached hydrogens (tertiary/aromatic N) is 2. The molecule has 1 amide bonds. The van der Waals surface area contributed by atoms with E-state index >= 15 is 0 Å². The molecule has 0 unspecified atom stereocenters. The number of amides is 1. The molecule has 1 aliphatic heterocycles. The number of methoxy groups -OCH3 is 1. The smallest absolute Gasteiger partial charge is 0.338 e. The third-order valence-electron chi connectivity index (χ3n) is 4.78. The van der Waals surface area contributed by atoms with E-state index in [1.807, 2.05) is 0 Å². The highest BCUT2D eigenvalue weighted by Crippen LogP contribution is 2.29. The van der Waals surface area contributed by atoms with Gasteiger partial charge in [-0.25, -0.2) is 18.2 Å². The summed E-state index contributed by atoms with van der Waals surface area (Å²) >= 11 is 1.26. The molecule has 11 heteroatoms. The quantitative estimate of drug-likeness (QED) is 0.623. The SMILES string of the molecule is COc1ccc(C(=O)OCC(=O)Nc2nc(C)cs2)cc1S(=O)(=O)N1CCCCCC1. The highest BCUT2D eigenvalue weighted by Gasteiger charge is 2.29. The van der Waals surface area contributed by atoms with Gasteiger partial charge in [-0.3, -0.25) is 10.1 Å². The summed E-state index contributed by atoms with van der Waals surface area (Å²) in [6.07, 6.45) is 3.55. The zero-order valence-electron chi connectivity index (χ0n) is 17.4. The Kier molecular flexibility index (Phi) is 7.63. The van der Waals surface area contributed by atoms with Crippen LogP contribution in [0.1, 0.15) is 41.7 Å². The zero-order valence-corrected chi connectivity index (χ0v) is 19.1. The highest BCUT2D eigenvalue weighted by molar-refractivity contribution is 7.89. The molecule has 168 valence electrons. The second kappa shape index (κ2) is 10.2. The Morgan fingerprint density at radius 3 is 2.52 bits per heavy atom. The number of hydrogen-bond acceptors (Lipinski definition) is 8. The van der Waals surface area contributed by atoms with Gasteiger partial charge >= 0.3 is 5.97 Å². The lowest BCUT2D eigenvalue weighted by molar-refractivity contribution is -0.119. The summed E-state index contributed by atoms with van der Waals surface area (Å²) in [4.78, 5) is 28.4. The number of benzene rings is 1. The highest BCUT2D eigenvalue weighted by atomic mass is 32.2. The van der Waals surface area contributed by atoms with Crippen LogP contribution in [0.4, 0.5) is 5.13 Å². The van der Waals surface area contributed by atoms with Crippen LogP contribution in [0, 0.1) is 6.92 Å². The van der Waals surface area contributed by atoms with Crippen LogP contribution < -0.4 is 10.1 Å². The standard InChI is InChI=1S/C20H25N3O6S2/c1-14-13-30-20(21-14)22-18(24)12-29-19(25)15-7-8-16(28-2)17(11-15)31(26,27)23-9-5-3-4-6-10-23/h7-8,11,13H,3-6,9-10,12H2,1-2H3,(H,21,22,24). The Labute approximate surface area is 185 Å². The van der Waals surface area contributed by atoms with E-state index in [1.54, 1.807) is 12.3 Å². The lowest BCUT2D eigenvalue weighted by Gasteiger charge is -2.21. The van der Waals surface area contributed by atoms with Crippen LogP contribution in [0.2, 0.25) is 0 Å². The molecule has 1 fully saturated rings. The Morgan fingerprint density at radius 1 is 1.19 bits per heavy atom. The number of hydrogen-bond donors (Lipinski definition) is 1. The van der Waals surface area contributed by atoms with Gasteiger partial charge in [0, 0.05) is 18.5 Å². The molecule has 0 bridgehead atoms. The maximum absolute atomic E-state index is 13.2. The van der Waals surface area contributed by atoms with Crippen molar-refractivity contribution in [2.24, 2.45) is 0 Å². The van der Waals surface area contributed by atoms with Gasteiger partial charge in [-0.05, 0) is 38.0 Å². The molecule has 3 rings (SSSR count). The van der Waals surface area contributed by atoms with Crippen LogP contribution in [-0.2, 0) is 19.6 Å².